The molecule has 0 aliphatic heterocycles. The van der Waals surface area contributed by atoms with Gasteiger partial charge in [0.1, 0.15) is 11.3 Å². The van der Waals surface area contributed by atoms with Crippen LogP contribution in [0, 0.1) is 0 Å². The van der Waals surface area contributed by atoms with Gasteiger partial charge in [-0.05, 0) is 80.6 Å². The summed E-state index contributed by atoms with van der Waals surface area (Å²) in [6.07, 6.45) is 0. The average molecular weight is 804 g/mol. The standard InChI is InChI=1S/C59H37N3O/c1-3-14-38(15-4-1)39-28-30-42(31-29-39)54-37-53(41-17-5-2-6-18-41)61-59(62-54)47-23-12-22-45(35-47)43-20-11-21-44(34-43)46-32-33-52-51(36-46)56-50-25-9-10-27-55(50)63-58(56)57(60-52)49-26-13-19-40-16-7-8-24-48(40)49/h1-37H. The summed E-state index contributed by atoms with van der Waals surface area (Å²) in [5.74, 6) is 0.678. The summed E-state index contributed by atoms with van der Waals surface area (Å²) in [5, 5.41) is 5.54. The predicted molar refractivity (Wildman–Crippen MR) is 260 cm³/mol. The maximum Gasteiger partial charge on any atom is 0.162 e. The normalized spacial score (nSPS) is 11.5. The second-order valence-electron chi connectivity index (χ2n) is 16.0. The van der Waals surface area contributed by atoms with Gasteiger partial charge in [-0.2, -0.15) is 0 Å². The summed E-state index contributed by atoms with van der Waals surface area (Å²) in [6.45, 7) is 0. The molecular formula is C59H37N3O. The van der Waals surface area contributed by atoms with E-state index in [-0.39, 0.29) is 0 Å². The van der Waals surface area contributed by atoms with Gasteiger partial charge in [-0.15, -0.1) is 0 Å². The Kier molecular flexibility index (Phi) is 8.79. The Bertz CT molecular complexity index is 3660. The summed E-state index contributed by atoms with van der Waals surface area (Å²) in [4.78, 5) is 15.7. The number of fused-ring (bicyclic) bond motifs is 6. The van der Waals surface area contributed by atoms with Crippen LogP contribution in [0.3, 0.4) is 0 Å². The van der Waals surface area contributed by atoms with Gasteiger partial charge in [0.15, 0.2) is 11.4 Å². The fraction of sp³-hybridized carbons (Fsp3) is 0. The van der Waals surface area contributed by atoms with Crippen molar-refractivity contribution in [2.24, 2.45) is 0 Å². The van der Waals surface area contributed by atoms with Crippen molar-refractivity contribution < 1.29 is 4.42 Å². The highest BCUT2D eigenvalue weighted by Crippen LogP contribution is 2.42. The first-order valence-corrected chi connectivity index (χ1v) is 21.2. The lowest BCUT2D eigenvalue weighted by atomic mass is 9.95. The molecule has 0 saturated carbocycles. The first-order valence-electron chi connectivity index (χ1n) is 21.2. The average Bonchev–Trinajstić information content (AvgIpc) is 3.77. The van der Waals surface area contributed by atoms with Gasteiger partial charge in [0.05, 0.1) is 16.9 Å². The molecule has 0 radical (unpaired) electrons. The molecule has 0 aliphatic rings. The van der Waals surface area contributed by atoms with Gasteiger partial charge in [0, 0.05) is 38.4 Å². The van der Waals surface area contributed by atoms with Gasteiger partial charge in [-0.25, -0.2) is 15.0 Å². The predicted octanol–water partition coefficient (Wildman–Crippen LogP) is 15.7. The number of rotatable bonds is 7. The number of hydrogen-bond donors (Lipinski definition) is 0. The van der Waals surface area contributed by atoms with E-state index in [9.17, 15) is 0 Å². The number of furan rings is 1. The molecule has 4 nitrogen and oxygen atoms in total. The summed E-state index contributed by atoms with van der Waals surface area (Å²) in [6, 6.07) is 78.6. The number of nitrogens with zero attached hydrogens (tertiary/aromatic N) is 3. The highest BCUT2D eigenvalue weighted by atomic mass is 16.3. The van der Waals surface area contributed by atoms with Crippen molar-refractivity contribution >= 4 is 43.6 Å². The molecule has 12 rings (SSSR count). The van der Waals surface area contributed by atoms with Crippen molar-refractivity contribution in [1.82, 2.24) is 15.0 Å². The lowest BCUT2D eigenvalue weighted by Crippen LogP contribution is -1.96. The molecule has 4 heteroatoms. The monoisotopic (exact) mass is 803 g/mol. The van der Waals surface area contributed by atoms with Crippen LogP contribution in [0.15, 0.2) is 229 Å². The van der Waals surface area contributed by atoms with E-state index in [1.807, 2.05) is 24.3 Å². The van der Waals surface area contributed by atoms with E-state index in [1.54, 1.807) is 0 Å². The van der Waals surface area contributed by atoms with Gasteiger partial charge in [-0.1, -0.05) is 188 Å². The third-order valence-corrected chi connectivity index (χ3v) is 12.1. The minimum atomic E-state index is 0.678. The summed E-state index contributed by atoms with van der Waals surface area (Å²) >= 11 is 0. The van der Waals surface area contributed by atoms with Crippen molar-refractivity contribution in [3.05, 3.63) is 224 Å². The molecule has 63 heavy (non-hydrogen) atoms. The number of para-hydroxylation sites is 1. The van der Waals surface area contributed by atoms with Gasteiger partial charge < -0.3 is 4.42 Å². The van der Waals surface area contributed by atoms with Crippen LogP contribution in [0.1, 0.15) is 0 Å². The second kappa shape index (κ2) is 15.2. The Morgan fingerprint density at radius 1 is 0.317 bits per heavy atom. The van der Waals surface area contributed by atoms with Crippen LogP contribution in [0.5, 0.6) is 0 Å². The first-order chi connectivity index (χ1) is 31.2. The Morgan fingerprint density at radius 3 is 1.57 bits per heavy atom. The Labute approximate surface area is 364 Å². The molecule has 3 heterocycles. The van der Waals surface area contributed by atoms with Gasteiger partial charge in [-0.3, -0.25) is 0 Å². The van der Waals surface area contributed by atoms with E-state index >= 15 is 0 Å². The number of benzene rings is 9. The molecule has 0 atom stereocenters. The SMILES string of the molecule is c1ccc(-c2ccc(-c3cc(-c4ccccc4)nc(-c4cccc(-c5cccc(-c6ccc7nc(-c8cccc9ccccc89)c8oc9ccccc9c8c7c6)c5)c4)n3)cc2)cc1. The van der Waals surface area contributed by atoms with Gasteiger partial charge in [0.2, 0.25) is 0 Å². The number of aromatic nitrogens is 3. The highest BCUT2D eigenvalue weighted by molar-refractivity contribution is 6.22. The number of hydrogen-bond acceptors (Lipinski definition) is 4. The molecule has 0 saturated heterocycles. The molecule has 0 N–H and O–H groups in total. The maximum absolute atomic E-state index is 6.68. The zero-order valence-electron chi connectivity index (χ0n) is 34.1. The van der Waals surface area contributed by atoms with E-state index in [4.69, 9.17) is 19.4 Å². The van der Waals surface area contributed by atoms with Crippen molar-refractivity contribution in [2.75, 3.05) is 0 Å². The van der Waals surface area contributed by atoms with Crippen LogP contribution >= 0.6 is 0 Å². The van der Waals surface area contributed by atoms with E-state index in [0.29, 0.717) is 5.82 Å². The molecule has 0 fully saturated rings. The van der Waals surface area contributed by atoms with E-state index < -0.39 is 0 Å². The topological polar surface area (TPSA) is 51.8 Å². The number of pyridine rings is 1. The molecule has 0 bridgehead atoms. The quantitative estimate of drug-likeness (QED) is 0.161. The van der Waals surface area contributed by atoms with E-state index in [1.165, 1.54) is 16.5 Å². The lowest BCUT2D eigenvalue weighted by molar-refractivity contribution is 0.669. The van der Waals surface area contributed by atoms with Crippen LogP contribution in [0.25, 0.3) is 122 Å². The summed E-state index contributed by atoms with van der Waals surface area (Å²) < 4.78 is 6.68. The molecule has 0 spiro atoms. The zero-order chi connectivity index (χ0) is 41.7. The molecule has 12 aromatic rings. The summed E-state index contributed by atoms with van der Waals surface area (Å²) in [7, 11) is 0. The van der Waals surface area contributed by atoms with Gasteiger partial charge in [0.25, 0.3) is 0 Å². The fourth-order valence-corrected chi connectivity index (χ4v) is 8.94. The van der Waals surface area contributed by atoms with Crippen molar-refractivity contribution in [1.29, 1.82) is 0 Å². The molecule has 0 amide bonds. The Balaban J connectivity index is 0.939. The van der Waals surface area contributed by atoms with Crippen LogP contribution in [-0.2, 0) is 0 Å². The van der Waals surface area contributed by atoms with Crippen molar-refractivity contribution in [3.8, 4) is 78.5 Å². The molecule has 0 aliphatic carbocycles. The largest absolute Gasteiger partial charge is 0.454 e. The van der Waals surface area contributed by atoms with Crippen LogP contribution in [0.4, 0.5) is 0 Å². The summed E-state index contributed by atoms with van der Waals surface area (Å²) in [5.41, 5.74) is 16.0. The Hall–Kier alpha value is -8.47. The van der Waals surface area contributed by atoms with Crippen LogP contribution in [-0.4, -0.2) is 15.0 Å². The van der Waals surface area contributed by atoms with Crippen molar-refractivity contribution in [2.45, 2.75) is 0 Å². The minimum absolute atomic E-state index is 0.678. The molecule has 0 unspecified atom stereocenters. The van der Waals surface area contributed by atoms with E-state index in [2.05, 4.69) is 200 Å². The zero-order valence-corrected chi connectivity index (χ0v) is 34.1. The Morgan fingerprint density at radius 2 is 0.825 bits per heavy atom. The molecular weight excluding hydrogens is 767 g/mol. The molecule has 294 valence electrons. The van der Waals surface area contributed by atoms with E-state index in [0.717, 1.165) is 99.8 Å². The smallest absolute Gasteiger partial charge is 0.162 e. The lowest BCUT2D eigenvalue weighted by Gasteiger charge is -2.12. The van der Waals surface area contributed by atoms with Crippen LogP contribution < -0.4 is 0 Å². The molecule has 3 aromatic heterocycles. The minimum Gasteiger partial charge on any atom is -0.454 e. The maximum atomic E-state index is 6.68. The van der Waals surface area contributed by atoms with Gasteiger partial charge >= 0.3 is 0 Å². The third-order valence-electron chi connectivity index (χ3n) is 12.1. The second-order valence-corrected chi connectivity index (χ2v) is 16.0. The third kappa shape index (κ3) is 6.62. The van der Waals surface area contributed by atoms with Crippen molar-refractivity contribution in [3.63, 3.8) is 0 Å². The fourth-order valence-electron chi connectivity index (χ4n) is 8.94. The van der Waals surface area contributed by atoms with Crippen LogP contribution in [0.2, 0.25) is 0 Å². The molecule has 9 aromatic carbocycles. The first kappa shape index (κ1) is 36.4. The highest BCUT2D eigenvalue weighted by Gasteiger charge is 2.20.